The molecule has 3 rings (SSSR count). The van der Waals surface area contributed by atoms with Gasteiger partial charge in [0.05, 0.1) is 29.6 Å². The Morgan fingerprint density at radius 1 is 1.14 bits per heavy atom. The van der Waals surface area contributed by atoms with Crippen LogP contribution in [0.25, 0.3) is 5.69 Å². The summed E-state index contributed by atoms with van der Waals surface area (Å²) in [6.07, 6.45) is 0. The van der Waals surface area contributed by atoms with Gasteiger partial charge >= 0.3 is 0 Å². The molecule has 0 atom stereocenters. The summed E-state index contributed by atoms with van der Waals surface area (Å²) in [5.74, 6) is -0.177. The number of likely N-dealkylation sites (N-methyl/N-ethyl adjacent to an activating group) is 1. The zero-order chi connectivity index (χ0) is 20.3. The lowest BCUT2D eigenvalue weighted by atomic mass is 10.1. The van der Waals surface area contributed by atoms with Crippen molar-refractivity contribution >= 4 is 35.4 Å². The average molecular weight is 417 g/mol. The largest absolute Gasteiger partial charge is 0.324 e. The number of carbonyl (C=O) groups is 1. The number of nitrogens with one attached hydrogen (secondary N) is 1. The standard InChI is InChI=1S/C19H21ClN6OS/c1-13-7-6-8-14(2)18(13)26-19(28)25(22-23-26)12-24(3)11-17(27)21-16-10-5-4-9-15(16)20/h4-10H,11-12H2,1-3H3,(H,21,27). The topological polar surface area (TPSA) is 68.0 Å². The maximum Gasteiger partial charge on any atom is 0.238 e. The second-order valence-corrected chi connectivity index (χ2v) is 7.37. The number of tetrazole rings is 1. The summed E-state index contributed by atoms with van der Waals surface area (Å²) in [6.45, 7) is 4.51. The van der Waals surface area contributed by atoms with E-state index in [9.17, 15) is 4.79 Å². The maximum atomic E-state index is 12.3. The van der Waals surface area contributed by atoms with Gasteiger partial charge in [-0.2, -0.15) is 4.68 Å². The van der Waals surface area contributed by atoms with Crippen molar-refractivity contribution in [2.75, 3.05) is 18.9 Å². The Hall–Kier alpha value is -2.55. The Morgan fingerprint density at radius 3 is 2.50 bits per heavy atom. The number of aromatic nitrogens is 4. The molecule has 0 aliphatic heterocycles. The molecule has 0 radical (unpaired) electrons. The highest BCUT2D eigenvalue weighted by Crippen LogP contribution is 2.20. The van der Waals surface area contributed by atoms with Crippen molar-refractivity contribution in [3.05, 3.63) is 63.4 Å². The van der Waals surface area contributed by atoms with Crippen LogP contribution >= 0.6 is 23.8 Å². The lowest BCUT2D eigenvalue weighted by molar-refractivity contribution is -0.117. The third-order valence-electron chi connectivity index (χ3n) is 4.23. The Bertz CT molecular complexity index is 1040. The zero-order valence-electron chi connectivity index (χ0n) is 15.9. The number of hydrogen-bond acceptors (Lipinski definition) is 5. The van der Waals surface area contributed by atoms with Crippen molar-refractivity contribution in [3.63, 3.8) is 0 Å². The lowest BCUT2D eigenvalue weighted by Crippen LogP contribution is -2.32. The number of rotatable bonds is 6. The molecule has 0 saturated heterocycles. The first-order chi connectivity index (χ1) is 13.4. The molecule has 28 heavy (non-hydrogen) atoms. The number of benzene rings is 2. The molecule has 0 aliphatic rings. The SMILES string of the molecule is Cc1cccc(C)c1-n1nnn(CN(C)CC(=O)Nc2ccccc2Cl)c1=S. The fourth-order valence-electron chi connectivity index (χ4n) is 2.92. The van der Waals surface area contributed by atoms with Gasteiger partial charge in [0.1, 0.15) is 0 Å². The predicted molar refractivity (Wildman–Crippen MR) is 112 cm³/mol. The van der Waals surface area contributed by atoms with Crippen molar-refractivity contribution in [2.24, 2.45) is 0 Å². The Labute approximate surface area is 173 Å². The molecule has 0 bridgehead atoms. The molecule has 2 aromatic carbocycles. The van der Waals surface area contributed by atoms with E-state index in [0.717, 1.165) is 16.8 Å². The molecule has 0 aliphatic carbocycles. The smallest absolute Gasteiger partial charge is 0.238 e. The van der Waals surface area contributed by atoms with Crippen molar-refractivity contribution in [3.8, 4) is 5.69 Å². The average Bonchev–Trinajstić information content (AvgIpc) is 2.97. The molecule has 9 heteroatoms. The highest BCUT2D eigenvalue weighted by molar-refractivity contribution is 7.71. The Balaban J connectivity index is 1.69. The van der Waals surface area contributed by atoms with Crippen LogP contribution in [0.1, 0.15) is 11.1 Å². The summed E-state index contributed by atoms with van der Waals surface area (Å²) in [7, 11) is 1.81. The maximum absolute atomic E-state index is 12.3. The third kappa shape index (κ3) is 4.46. The molecular weight excluding hydrogens is 396 g/mol. The Kier molecular flexibility index (Phi) is 6.23. The first-order valence-corrected chi connectivity index (χ1v) is 9.48. The number of aryl methyl sites for hydroxylation is 2. The van der Waals surface area contributed by atoms with Gasteiger partial charge in [-0.05, 0) is 66.8 Å². The van der Waals surface area contributed by atoms with Crippen molar-refractivity contribution < 1.29 is 4.79 Å². The minimum atomic E-state index is -0.177. The number of hydrogen-bond donors (Lipinski definition) is 1. The van der Waals surface area contributed by atoms with E-state index in [1.807, 2.05) is 51.2 Å². The fraction of sp³-hybridized carbons (Fsp3) is 0.263. The van der Waals surface area contributed by atoms with E-state index in [4.69, 9.17) is 23.8 Å². The van der Waals surface area contributed by atoms with E-state index in [-0.39, 0.29) is 12.5 Å². The Morgan fingerprint density at radius 2 is 1.82 bits per heavy atom. The van der Waals surface area contributed by atoms with Crippen LogP contribution in [-0.4, -0.2) is 44.2 Å². The van der Waals surface area contributed by atoms with E-state index in [0.29, 0.717) is 22.1 Å². The molecule has 1 N–H and O–H groups in total. The second kappa shape index (κ2) is 8.64. The number of nitrogens with zero attached hydrogens (tertiary/aromatic N) is 5. The molecule has 1 aromatic heterocycles. The summed E-state index contributed by atoms with van der Waals surface area (Å²) in [5, 5.41) is 11.6. The van der Waals surface area contributed by atoms with Gasteiger partial charge in [-0.15, -0.1) is 0 Å². The van der Waals surface area contributed by atoms with Gasteiger partial charge < -0.3 is 5.32 Å². The van der Waals surface area contributed by atoms with E-state index in [1.54, 1.807) is 26.4 Å². The van der Waals surface area contributed by atoms with Crippen LogP contribution in [0.15, 0.2) is 42.5 Å². The van der Waals surface area contributed by atoms with Crippen LogP contribution in [-0.2, 0) is 11.5 Å². The minimum Gasteiger partial charge on any atom is -0.324 e. The van der Waals surface area contributed by atoms with Gasteiger partial charge in [-0.1, -0.05) is 41.9 Å². The van der Waals surface area contributed by atoms with Crippen molar-refractivity contribution in [1.82, 2.24) is 24.7 Å². The summed E-state index contributed by atoms with van der Waals surface area (Å²) in [4.78, 5) is 14.1. The third-order valence-corrected chi connectivity index (χ3v) is 4.94. The molecule has 1 heterocycles. The van der Waals surface area contributed by atoms with Gasteiger partial charge in [0, 0.05) is 0 Å². The van der Waals surface area contributed by atoms with Crippen LogP contribution in [0.5, 0.6) is 0 Å². The van der Waals surface area contributed by atoms with Gasteiger partial charge in [-0.25, -0.2) is 4.68 Å². The van der Waals surface area contributed by atoms with Gasteiger partial charge in [0.15, 0.2) is 0 Å². The predicted octanol–water partition coefficient (Wildman–Crippen LogP) is 3.60. The second-order valence-electron chi connectivity index (χ2n) is 6.60. The molecule has 0 fully saturated rings. The molecular formula is C19H21ClN6OS. The van der Waals surface area contributed by atoms with Crippen molar-refractivity contribution in [2.45, 2.75) is 20.5 Å². The number of carbonyl (C=O) groups excluding carboxylic acids is 1. The monoisotopic (exact) mass is 416 g/mol. The fourth-order valence-corrected chi connectivity index (χ4v) is 3.32. The molecule has 1 amide bonds. The van der Waals surface area contributed by atoms with Crippen LogP contribution < -0.4 is 5.32 Å². The first-order valence-electron chi connectivity index (χ1n) is 8.69. The molecule has 0 unspecified atom stereocenters. The first kappa shape index (κ1) is 20.2. The molecule has 146 valence electrons. The van der Waals surface area contributed by atoms with E-state index in [2.05, 4.69) is 15.7 Å². The van der Waals surface area contributed by atoms with E-state index < -0.39 is 0 Å². The molecule has 7 nitrogen and oxygen atoms in total. The summed E-state index contributed by atoms with van der Waals surface area (Å²) >= 11 is 11.6. The number of para-hydroxylation sites is 2. The molecule has 0 saturated carbocycles. The minimum absolute atomic E-state index is 0.156. The zero-order valence-corrected chi connectivity index (χ0v) is 17.5. The van der Waals surface area contributed by atoms with E-state index >= 15 is 0 Å². The normalized spacial score (nSPS) is 11.0. The summed E-state index contributed by atoms with van der Waals surface area (Å²) in [5.41, 5.74) is 3.64. The van der Waals surface area contributed by atoms with Crippen LogP contribution in [0.4, 0.5) is 5.69 Å². The van der Waals surface area contributed by atoms with Crippen molar-refractivity contribution in [1.29, 1.82) is 0 Å². The van der Waals surface area contributed by atoms with E-state index in [1.165, 1.54) is 0 Å². The molecule has 3 aromatic rings. The lowest BCUT2D eigenvalue weighted by Gasteiger charge is -2.16. The molecule has 0 spiro atoms. The van der Waals surface area contributed by atoms with Crippen LogP contribution in [0.3, 0.4) is 0 Å². The van der Waals surface area contributed by atoms with Crippen LogP contribution in [0, 0.1) is 18.6 Å². The summed E-state index contributed by atoms with van der Waals surface area (Å²) < 4.78 is 3.71. The van der Waals surface area contributed by atoms with Gasteiger partial charge in [-0.3, -0.25) is 9.69 Å². The number of halogens is 1. The highest BCUT2D eigenvalue weighted by atomic mass is 35.5. The van der Waals surface area contributed by atoms with Gasteiger partial charge in [0.25, 0.3) is 0 Å². The van der Waals surface area contributed by atoms with Gasteiger partial charge in [0.2, 0.25) is 10.7 Å². The number of anilines is 1. The summed E-state index contributed by atoms with van der Waals surface area (Å²) in [6, 6.07) is 13.1. The quantitative estimate of drug-likeness (QED) is 0.622. The number of amides is 1. The highest BCUT2D eigenvalue weighted by Gasteiger charge is 2.14. The van der Waals surface area contributed by atoms with Crippen LogP contribution in [0.2, 0.25) is 5.02 Å².